The lowest BCUT2D eigenvalue weighted by atomic mass is 9.93. The van der Waals surface area contributed by atoms with Crippen LogP contribution in [0.5, 0.6) is 5.75 Å². The Morgan fingerprint density at radius 1 is 0.909 bits per heavy atom. The Labute approximate surface area is 193 Å². The number of aliphatic hydroxyl groups excluding tert-OH is 1. The molecule has 0 spiro atoms. The number of carbonyl (C=O) groups excluding carboxylic acids is 2. The van der Waals surface area contributed by atoms with E-state index in [9.17, 15) is 14.7 Å². The van der Waals surface area contributed by atoms with Crippen LogP contribution in [0.15, 0.2) is 96.3 Å². The molecular weight excluding hydrogens is 414 g/mol. The highest BCUT2D eigenvalue weighted by Gasteiger charge is 2.43. The minimum Gasteiger partial charge on any atom is -0.503 e. The van der Waals surface area contributed by atoms with E-state index >= 15 is 0 Å². The fourth-order valence-electron chi connectivity index (χ4n) is 4.18. The highest BCUT2D eigenvalue weighted by Crippen LogP contribution is 2.39. The predicted octanol–water partition coefficient (Wildman–Crippen LogP) is 5.18. The van der Waals surface area contributed by atoms with E-state index in [0.717, 1.165) is 16.7 Å². The maximum atomic E-state index is 13.3. The lowest BCUT2D eigenvalue weighted by molar-refractivity contribution is -0.130. The minimum atomic E-state index is -0.656. The van der Waals surface area contributed by atoms with Crippen LogP contribution in [0, 0.1) is 0 Å². The van der Waals surface area contributed by atoms with Gasteiger partial charge in [-0.3, -0.25) is 9.59 Å². The average Bonchev–Trinajstić information content (AvgIpc) is 3.09. The third-order valence-electron chi connectivity index (χ3n) is 5.79. The average molecular weight is 442 g/mol. The molecule has 0 radical (unpaired) electrons. The molecule has 3 aromatic carbocycles. The Bertz CT molecular complexity index is 1140. The molecular formula is C28H27NO4. The quantitative estimate of drug-likeness (QED) is 0.497. The molecule has 1 heterocycles. The van der Waals surface area contributed by atoms with Crippen LogP contribution in [0.4, 0.5) is 0 Å². The van der Waals surface area contributed by atoms with Crippen LogP contribution in [0.3, 0.4) is 0 Å². The second-order valence-electron chi connectivity index (χ2n) is 7.99. The Morgan fingerprint density at radius 3 is 2.12 bits per heavy atom. The van der Waals surface area contributed by atoms with Gasteiger partial charge in [-0.15, -0.1) is 0 Å². The first kappa shape index (κ1) is 22.3. The van der Waals surface area contributed by atoms with E-state index in [1.807, 2.05) is 91.9 Å². The van der Waals surface area contributed by atoms with Gasteiger partial charge in [-0.25, -0.2) is 0 Å². The Balaban J connectivity index is 1.65. The molecule has 5 heteroatoms. The van der Waals surface area contributed by atoms with Crippen LogP contribution >= 0.6 is 0 Å². The first-order chi connectivity index (χ1) is 16.1. The van der Waals surface area contributed by atoms with Gasteiger partial charge in [0.15, 0.2) is 11.5 Å². The molecule has 1 aliphatic rings. The lowest BCUT2D eigenvalue weighted by Gasteiger charge is -2.27. The maximum absolute atomic E-state index is 13.3. The number of benzene rings is 3. The summed E-state index contributed by atoms with van der Waals surface area (Å²) in [6, 6.07) is 26.0. The highest BCUT2D eigenvalue weighted by atomic mass is 16.5. The Hall–Kier alpha value is -3.86. The molecule has 0 bridgehead atoms. The fourth-order valence-corrected chi connectivity index (χ4v) is 4.18. The van der Waals surface area contributed by atoms with Crippen molar-refractivity contribution >= 4 is 11.7 Å². The van der Waals surface area contributed by atoms with E-state index < -0.39 is 17.7 Å². The molecule has 4 rings (SSSR count). The largest absolute Gasteiger partial charge is 0.503 e. The first-order valence-electron chi connectivity index (χ1n) is 11.2. The zero-order valence-electron chi connectivity index (χ0n) is 18.6. The summed E-state index contributed by atoms with van der Waals surface area (Å²) in [5, 5.41) is 10.8. The number of rotatable bonds is 9. The Morgan fingerprint density at radius 2 is 1.52 bits per heavy atom. The van der Waals surface area contributed by atoms with Crippen molar-refractivity contribution in [2.75, 3.05) is 6.61 Å². The number of ketones is 1. The topological polar surface area (TPSA) is 66.8 Å². The molecule has 0 saturated carbocycles. The van der Waals surface area contributed by atoms with E-state index in [1.165, 1.54) is 0 Å². The standard InChI is InChI=1S/C28H27NO4/c1-2-33-23-16-14-22(15-17-23)26-25(24(30)18-13-20-9-5-3-6-10-20)27(31)28(32)29(26)19-21-11-7-4-8-12-21/h3-12,14-17,26,31H,2,13,18-19H2,1H3. The van der Waals surface area contributed by atoms with Crippen molar-refractivity contribution in [3.63, 3.8) is 0 Å². The number of Topliss-reactive ketones (excluding diaryl/α,β-unsaturated/α-hetero) is 1. The summed E-state index contributed by atoms with van der Waals surface area (Å²) < 4.78 is 5.54. The van der Waals surface area contributed by atoms with Gasteiger partial charge in [0, 0.05) is 13.0 Å². The number of aryl methyl sites for hydroxylation is 1. The van der Waals surface area contributed by atoms with Gasteiger partial charge >= 0.3 is 0 Å². The second-order valence-corrected chi connectivity index (χ2v) is 7.99. The van der Waals surface area contributed by atoms with Crippen molar-refractivity contribution in [2.24, 2.45) is 0 Å². The fraction of sp³-hybridized carbons (Fsp3) is 0.214. The van der Waals surface area contributed by atoms with Crippen molar-refractivity contribution in [1.29, 1.82) is 0 Å². The predicted molar refractivity (Wildman–Crippen MR) is 127 cm³/mol. The van der Waals surface area contributed by atoms with Crippen LogP contribution in [-0.2, 0) is 22.6 Å². The van der Waals surface area contributed by atoms with Crippen molar-refractivity contribution in [1.82, 2.24) is 4.90 Å². The SMILES string of the molecule is CCOc1ccc(C2C(C(=O)CCc3ccccc3)=C(O)C(=O)N2Cc2ccccc2)cc1. The summed E-state index contributed by atoms with van der Waals surface area (Å²) in [7, 11) is 0. The molecule has 33 heavy (non-hydrogen) atoms. The van der Waals surface area contributed by atoms with Gasteiger partial charge in [-0.05, 0) is 42.2 Å². The van der Waals surface area contributed by atoms with Crippen molar-refractivity contribution in [3.8, 4) is 5.75 Å². The van der Waals surface area contributed by atoms with Gasteiger partial charge in [-0.2, -0.15) is 0 Å². The van der Waals surface area contributed by atoms with Crippen molar-refractivity contribution in [3.05, 3.63) is 113 Å². The summed E-state index contributed by atoms with van der Waals surface area (Å²) in [6.45, 7) is 2.75. The van der Waals surface area contributed by atoms with Crippen molar-refractivity contribution < 1.29 is 19.4 Å². The summed E-state index contributed by atoms with van der Waals surface area (Å²) in [6.07, 6.45) is 0.753. The van der Waals surface area contributed by atoms with Crippen LogP contribution in [0.25, 0.3) is 0 Å². The molecule has 0 fully saturated rings. The summed E-state index contributed by atoms with van der Waals surface area (Å²) in [5.74, 6) is -0.492. The highest BCUT2D eigenvalue weighted by molar-refractivity contribution is 6.09. The van der Waals surface area contributed by atoms with Crippen LogP contribution in [0.1, 0.15) is 36.1 Å². The van der Waals surface area contributed by atoms with E-state index in [-0.39, 0.29) is 24.3 Å². The molecule has 168 valence electrons. The normalized spacial score (nSPS) is 15.7. The second kappa shape index (κ2) is 10.2. The van der Waals surface area contributed by atoms with Gasteiger partial charge in [0.2, 0.25) is 0 Å². The monoisotopic (exact) mass is 441 g/mol. The minimum absolute atomic E-state index is 0.163. The maximum Gasteiger partial charge on any atom is 0.290 e. The smallest absolute Gasteiger partial charge is 0.290 e. The summed E-state index contributed by atoms with van der Waals surface area (Å²) in [5.41, 5.74) is 2.88. The van der Waals surface area contributed by atoms with Crippen LogP contribution in [-0.4, -0.2) is 28.3 Å². The number of nitrogens with zero attached hydrogens (tertiary/aromatic N) is 1. The molecule has 0 aromatic heterocycles. The third-order valence-corrected chi connectivity index (χ3v) is 5.79. The van der Waals surface area contributed by atoms with Crippen LogP contribution < -0.4 is 4.74 Å². The molecule has 0 aliphatic carbocycles. The molecule has 1 atom stereocenters. The third kappa shape index (κ3) is 4.98. The molecule has 0 saturated heterocycles. The van der Waals surface area contributed by atoms with Gasteiger partial charge in [-0.1, -0.05) is 72.8 Å². The number of carbonyl (C=O) groups is 2. The van der Waals surface area contributed by atoms with Gasteiger partial charge in [0.25, 0.3) is 5.91 Å². The zero-order valence-corrected chi connectivity index (χ0v) is 18.6. The molecule has 5 nitrogen and oxygen atoms in total. The number of hydrogen-bond donors (Lipinski definition) is 1. The van der Waals surface area contributed by atoms with Gasteiger partial charge in [0.05, 0.1) is 18.2 Å². The van der Waals surface area contributed by atoms with Crippen molar-refractivity contribution in [2.45, 2.75) is 32.4 Å². The van der Waals surface area contributed by atoms with Gasteiger partial charge < -0.3 is 14.7 Å². The zero-order chi connectivity index (χ0) is 23.2. The van der Waals surface area contributed by atoms with Gasteiger partial charge in [0.1, 0.15) is 5.75 Å². The molecule has 1 unspecified atom stereocenters. The molecule has 3 aromatic rings. The van der Waals surface area contributed by atoms with E-state index in [2.05, 4.69) is 0 Å². The Kier molecular flexibility index (Phi) is 6.89. The first-order valence-corrected chi connectivity index (χ1v) is 11.2. The number of amides is 1. The number of aliphatic hydroxyl groups is 1. The van der Waals surface area contributed by atoms with Crippen LogP contribution in [0.2, 0.25) is 0 Å². The summed E-state index contributed by atoms with van der Waals surface area (Å²) >= 11 is 0. The molecule has 1 aliphatic heterocycles. The summed E-state index contributed by atoms with van der Waals surface area (Å²) in [4.78, 5) is 28.0. The lowest BCUT2D eigenvalue weighted by Crippen LogP contribution is -2.30. The number of ether oxygens (including phenoxy) is 1. The van der Waals surface area contributed by atoms with E-state index in [1.54, 1.807) is 4.90 Å². The molecule has 1 N–H and O–H groups in total. The van der Waals surface area contributed by atoms with E-state index in [0.29, 0.717) is 18.8 Å². The van der Waals surface area contributed by atoms with E-state index in [4.69, 9.17) is 4.74 Å². The number of hydrogen-bond acceptors (Lipinski definition) is 4. The molecule has 1 amide bonds.